The van der Waals surface area contributed by atoms with Gasteiger partial charge in [0.15, 0.2) is 6.10 Å². The lowest BCUT2D eigenvalue weighted by molar-refractivity contribution is -0.162. The second-order valence-electron chi connectivity index (χ2n) is 6.02. The number of benzene rings is 1. The van der Waals surface area contributed by atoms with Crippen molar-refractivity contribution in [2.24, 2.45) is 0 Å². The predicted molar refractivity (Wildman–Crippen MR) is 76.5 cm³/mol. The number of esters is 1. The summed E-state index contributed by atoms with van der Waals surface area (Å²) in [7, 11) is 0. The van der Waals surface area contributed by atoms with Crippen molar-refractivity contribution in [1.82, 2.24) is 0 Å². The Bertz CT molecular complexity index is 413. The van der Waals surface area contributed by atoms with E-state index < -0.39 is 11.7 Å². The van der Waals surface area contributed by atoms with Crippen LogP contribution in [-0.4, -0.2) is 17.7 Å². The maximum atomic E-state index is 11.8. The average molecular weight is 264 g/mol. The van der Waals surface area contributed by atoms with Crippen LogP contribution < -0.4 is 4.74 Å². The highest BCUT2D eigenvalue weighted by atomic mass is 16.6. The lowest BCUT2D eigenvalue weighted by Gasteiger charge is -2.22. The summed E-state index contributed by atoms with van der Waals surface area (Å²) in [6.07, 6.45) is -0.607. The Morgan fingerprint density at radius 1 is 1.05 bits per heavy atom. The molecule has 0 bridgehead atoms. The molecule has 0 radical (unpaired) electrons. The monoisotopic (exact) mass is 264 g/mol. The lowest BCUT2D eigenvalue weighted by atomic mass is 10.0. The van der Waals surface area contributed by atoms with E-state index in [-0.39, 0.29) is 5.97 Å². The summed E-state index contributed by atoms with van der Waals surface area (Å²) < 4.78 is 10.9. The molecule has 1 atom stereocenters. The van der Waals surface area contributed by atoms with Crippen LogP contribution in [0.1, 0.15) is 53.0 Å². The van der Waals surface area contributed by atoms with Gasteiger partial charge in [-0.15, -0.1) is 0 Å². The second-order valence-corrected chi connectivity index (χ2v) is 6.02. The van der Waals surface area contributed by atoms with Gasteiger partial charge in [0.05, 0.1) is 0 Å². The quantitative estimate of drug-likeness (QED) is 0.773. The fourth-order valence-corrected chi connectivity index (χ4v) is 1.57. The molecule has 0 heterocycles. The topological polar surface area (TPSA) is 35.5 Å². The third-order valence-electron chi connectivity index (χ3n) is 2.60. The first-order valence-corrected chi connectivity index (χ1v) is 6.68. The lowest BCUT2D eigenvalue weighted by Crippen LogP contribution is -2.33. The van der Waals surface area contributed by atoms with Crippen molar-refractivity contribution in [2.75, 3.05) is 0 Å². The Balaban J connectivity index is 2.61. The smallest absolute Gasteiger partial charge is 0.347 e. The average Bonchev–Trinajstić information content (AvgIpc) is 2.27. The zero-order chi connectivity index (χ0) is 14.6. The predicted octanol–water partition coefficient (Wildman–Crippen LogP) is 3.92. The van der Waals surface area contributed by atoms with Crippen LogP contribution >= 0.6 is 0 Å². The molecule has 19 heavy (non-hydrogen) atoms. The van der Waals surface area contributed by atoms with Crippen LogP contribution in [0.15, 0.2) is 24.3 Å². The van der Waals surface area contributed by atoms with Crippen LogP contribution in [0, 0.1) is 0 Å². The fraction of sp³-hybridized carbons (Fsp3) is 0.562. The molecule has 1 aromatic carbocycles. The first-order chi connectivity index (χ1) is 8.69. The zero-order valence-electron chi connectivity index (χ0n) is 12.7. The minimum Gasteiger partial charge on any atom is -0.479 e. The van der Waals surface area contributed by atoms with Crippen LogP contribution in [-0.2, 0) is 9.53 Å². The molecule has 1 rings (SSSR count). The van der Waals surface area contributed by atoms with E-state index in [2.05, 4.69) is 13.8 Å². The second kappa shape index (κ2) is 6.09. The van der Waals surface area contributed by atoms with Crippen molar-refractivity contribution in [3.63, 3.8) is 0 Å². The van der Waals surface area contributed by atoms with Gasteiger partial charge >= 0.3 is 5.97 Å². The molecule has 0 spiro atoms. The third kappa shape index (κ3) is 5.33. The molecule has 0 unspecified atom stereocenters. The minimum absolute atomic E-state index is 0.347. The maximum Gasteiger partial charge on any atom is 0.347 e. The molecule has 3 nitrogen and oxygen atoms in total. The molecular formula is C16H24O3. The number of carbonyl (C=O) groups excluding carboxylic acids is 1. The van der Waals surface area contributed by atoms with Crippen molar-refractivity contribution in [2.45, 2.75) is 59.2 Å². The van der Waals surface area contributed by atoms with E-state index in [0.29, 0.717) is 11.7 Å². The molecule has 0 fully saturated rings. The van der Waals surface area contributed by atoms with Gasteiger partial charge in [0, 0.05) is 0 Å². The molecule has 0 aliphatic carbocycles. The molecule has 1 aromatic rings. The molecule has 0 aliphatic rings. The van der Waals surface area contributed by atoms with Crippen LogP contribution in [0.25, 0.3) is 0 Å². The van der Waals surface area contributed by atoms with Gasteiger partial charge in [-0.1, -0.05) is 26.0 Å². The highest BCUT2D eigenvalue weighted by Crippen LogP contribution is 2.20. The Hall–Kier alpha value is -1.51. The molecule has 0 saturated carbocycles. The standard InChI is InChI=1S/C16H24O3/c1-11(2)13-7-9-14(10-8-13)18-12(3)15(17)19-16(4,5)6/h7-12H,1-6H3/t12-/m0/s1. The largest absolute Gasteiger partial charge is 0.479 e. The highest BCUT2D eigenvalue weighted by molar-refractivity contribution is 5.75. The van der Waals surface area contributed by atoms with E-state index in [4.69, 9.17) is 9.47 Å². The van der Waals surface area contributed by atoms with Gasteiger partial charge in [0.1, 0.15) is 11.4 Å². The van der Waals surface area contributed by atoms with Gasteiger partial charge in [0.2, 0.25) is 0 Å². The number of ether oxygens (including phenoxy) is 2. The molecule has 0 saturated heterocycles. The summed E-state index contributed by atoms with van der Waals surface area (Å²) in [5.41, 5.74) is 0.758. The summed E-state index contributed by atoms with van der Waals surface area (Å²) in [6, 6.07) is 7.80. The number of rotatable bonds is 4. The SMILES string of the molecule is CC(C)c1ccc(O[C@@H](C)C(=O)OC(C)(C)C)cc1. The van der Waals surface area contributed by atoms with Crippen molar-refractivity contribution >= 4 is 5.97 Å². The normalized spacial score (nSPS) is 13.2. The van der Waals surface area contributed by atoms with Crippen LogP contribution in [0.3, 0.4) is 0 Å². The highest BCUT2D eigenvalue weighted by Gasteiger charge is 2.22. The first-order valence-electron chi connectivity index (χ1n) is 6.68. The summed E-state index contributed by atoms with van der Waals surface area (Å²) >= 11 is 0. The fourth-order valence-electron chi connectivity index (χ4n) is 1.57. The third-order valence-corrected chi connectivity index (χ3v) is 2.60. The van der Waals surface area contributed by atoms with Gasteiger partial charge in [-0.05, 0) is 51.3 Å². The summed E-state index contributed by atoms with van der Waals surface area (Å²) in [5.74, 6) is 0.820. The molecule has 3 heteroatoms. The number of carbonyl (C=O) groups is 1. The van der Waals surface area contributed by atoms with Gasteiger partial charge in [-0.25, -0.2) is 4.79 Å². The Morgan fingerprint density at radius 3 is 2.00 bits per heavy atom. The Morgan fingerprint density at radius 2 is 1.58 bits per heavy atom. The van der Waals surface area contributed by atoms with Crippen molar-refractivity contribution in [3.8, 4) is 5.75 Å². The van der Waals surface area contributed by atoms with Crippen molar-refractivity contribution in [1.29, 1.82) is 0 Å². The zero-order valence-corrected chi connectivity index (χ0v) is 12.7. The summed E-state index contributed by atoms with van der Waals surface area (Å²) in [5, 5.41) is 0. The molecule has 0 N–H and O–H groups in total. The first kappa shape index (κ1) is 15.5. The molecule has 0 aromatic heterocycles. The van der Waals surface area contributed by atoms with Gasteiger partial charge in [-0.2, -0.15) is 0 Å². The number of hydrogen-bond acceptors (Lipinski definition) is 3. The van der Waals surface area contributed by atoms with E-state index in [1.54, 1.807) is 6.92 Å². The molecule has 106 valence electrons. The van der Waals surface area contributed by atoms with E-state index in [1.165, 1.54) is 5.56 Å². The van der Waals surface area contributed by atoms with Gasteiger partial charge in [0.25, 0.3) is 0 Å². The van der Waals surface area contributed by atoms with E-state index >= 15 is 0 Å². The van der Waals surface area contributed by atoms with Crippen LogP contribution in [0.5, 0.6) is 5.75 Å². The van der Waals surface area contributed by atoms with Gasteiger partial charge < -0.3 is 9.47 Å². The van der Waals surface area contributed by atoms with Crippen molar-refractivity contribution in [3.05, 3.63) is 29.8 Å². The van der Waals surface area contributed by atoms with E-state index in [9.17, 15) is 4.79 Å². The van der Waals surface area contributed by atoms with Crippen molar-refractivity contribution < 1.29 is 14.3 Å². The van der Waals surface area contributed by atoms with E-state index in [1.807, 2.05) is 45.0 Å². The molecule has 0 aliphatic heterocycles. The summed E-state index contributed by atoms with van der Waals surface area (Å²) in [4.78, 5) is 11.8. The van der Waals surface area contributed by atoms with Gasteiger partial charge in [-0.3, -0.25) is 0 Å². The Labute approximate surface area is 115 Å². The number of hydrogen-bond donors (Lipinski definition) is 0. The van der Waals surface area contributed by atoms with Crippen LogP contribution in [0.2, 0.25) is 0 Å². The molecular weight excluding hydrogens is 240 g/mol. The molecule has 0 amide bonds. The maximum absolute atomic E-state index is 11.8. The Kier molecular flexibility index (Phi) is 4.98. The summed E-state index contributed by atoms with van der Waals surface area (Å²) in [6.45, 7) is 11.5. The minimum atomic E-state index is -0.607. The van der Waals surface area contributed by atoms with E-state index in [0.717, 1.165) is 0 Å². The van der Waals surface area contributed by atoms with Crippen LogP contribution in [0.4, 0.5) is 0 Å².